The van der Waals surface area contributed by atoms with Crippen LogP contribution in [0.4, 0.5) is 13.2 Å². The van der Waals surface area contributed by atoms with Gasteiger partial charge in [-0.2, -0.15) is 13.2 Å². The Morgan fingerprint density at radius 2 is 1.88 bits per heavy atom. The molecule has 0 radical (unpaired) electrons. The number of nitrogens with one attached hydrogen (secondary N) is 1. The summed E-state index contributed by atoms with van der Waals surface area (Å²) >= 11 is 0. The number of nitrogens with zero attached hydrogens (tertiary/aromatic N) is 1. The predicted octanol–water partition coefficient (Wildman–Crippen LogP) is 5.53. The lowest BCUT2D eigenvalue weighted by molar-refractivity contribution is -0.137. The predicted molar refractivity (Wildman–Crippen MR) is 94.6 cm³/mol. The van der Waals surface area contributed by atoms with Crippen LogP contribution < -0.4 is 5.32 Å². The van der Waals surface area contributed by atoms with Crippen molar-refractivity contribution in [3.8, 4) is 0 Å². The van der Waals surface area contributed by atoms with E-state index in [9.17, 15) is 13.2 Å². The molecule has 1 saturated carbocycles. The summed E-state index contributed by atoms with van der Waals surface area (Å²) in [5.74, 6) is 0.977. The minimum Gasteiger partial charge on any atom is -0.317 e. The molecule has 1 aromatic carbocycles. The van der Waals surface area contributed by atoms with E-state index < -0.39 is 11.7 Å². The smallest absolute Gasteiger partial charge is 0.317 e. The van der Waals surface area contributed by atoms with Gasteiger partial charge in [0.05, 0.1) is 11.1 Å². The fourth-order valence-corrected chi connectivity index (χ4v) is 4.31. The first kappa shape index (κ1) is 18.2. The zero-order chi connectivity index (χ0) is 18.0. The van der Waals surface area contributed by atoms with Crippen molar-refractivity contribution in [1.82, 2.24) is 10.3 Å². The van der Waals surface area contributed by atoms with Gasteiger partial charge >= 0.3 is 6.18 Å². The molecule has 2 aromatic rings. The maximum atomic E-state index is 13.1. The van der Waals surface area contributed by atoms with Crippen molar-refractivity contribution in [2.45, 2.75) is 57.2 Å². The van der Waals surface area contributed by atoms with Crippen molar-refractivity contribution in [3.05, 3.63) is 41.6 Å². The van der Waals surface area contributed by atoms with Gasteiger partial charge in [-0.25, -0.2) is 0 Å². The third-order valence-electron chi connectivity index (χ3n) is 5.69. The number of aromatic nitrogens is 1. The molecule has 1 atom stereocenters. The van der Waals surface area contributed by atoms with Gasteiger partial charge in [0.15, 0.2) is 0 Å². The van der Waals surface area contributed by atoms with Crippen molar-refractivity contribution in [1.29, 1.82) is 0 Å². The third-order valence-corrected chi connectivity index (χ3v) is 5.69. The summed E-state index contributed by atoms with van der Waals surface area (Å²) in [6.45, 7) is 2.20. The van der Waals surface area contributed by atoms with Crippen LogP contribution in [-0.4, -0.2) is 18.1 Å². The average molecular weight is 350 g/mol. The summed E-state index contributed by atoms with van der Waals surface area (Å²) in [6, 6.07) is 6.32. The van der Waals surface area contributed by atoms with Crippen molar-refractivity contribution in [3.63, 3.8) is 0 Å². The zero-order valence-corrected chi connectivity index (χ0v) is 14.7. The van der Waals surface area contributed by atoms with Crippen LogP contribution in [-0.2, 0) is 6.18 Å². The number of fused-ring (bicyclic) bond motifs is 1. The second-order valence-electron chi connectivity index (χ2n) is 7.04. The van der Waals surface area contributed by atoms with E-state index in [2.05, 4.69) is 17.2 Å². The second kappa shape index (κ2) is 7.32. The van der Waals surface area contributed by atoms with Crippen molar-refractivity contribution >= 4 is 10.9 Å². The van der Waals surface area contributed by atoms with Crippen LogP contribution in [0.15, 0.2) is 30.5 Å². The Morgan fingerprint density at radius 3 is 2.48 bits per heavy atom. The lowest BCUT2D eigenvalue weighted by atomic mass is 9.75. The Bertz CT molecular complexity index is 714. The summed E-state index contributed by atoms with van der Waals surface area (Å²) in [4.78, 5) is 4.25. The van der Waals surface area contributed by atoms with Crippen molar-refractivity contribution in [2.75, 3.05) is 7.05 Å². The molecule has 1 aliphatic carbocycles. The molecule has 136 valence electrons. The summed E-state index contributed by atoms with van der Waals surface area (Å²) in [6.07, 6.45) is 2.80. The number of alkyl halides is 3. The first-order valence-corrected chi connectivity index (χ1v) is 9.07. The van der Waals surface area contributed by atoms with Gasteiger partial charge in [-0.1, -0.05) is 6.92 Å². The molecule has 1 aliphatic rings. The van der Waals surface area contributed by atoms with Crippen LogP contribution in [0.25, 0.3) is 10.9 Å². The van der Waals surface area contributed by atoms with E-state index >= 15 is 0 Å². The zero-order valence-electron chi connectivity index (χ0n) is 14.7. The first-order chi connectivity index (χ1) is 11.9. The van der Waals surface area contributed by atoms with Gasteiger partial charge in [0.25, 0.3) is 0 Å². The van der Waals surface area contributed by atoms with E-state index in [0.29, 0.717) is 28.8 Å². The van der Waals surface area contributed by atoms with Crippen molar-refractivity contribution < 1.29 is 13.2 Å². The van der Waals surface area contributed by atoms with Crippen LogP contribution in [0.2, 0.25) is 0 Å². The Kier molecular flexibility index (Phi) is 5.32. The molecule has 1 unspecified atom stereocenters. The molecule has 0 aliphatic heterocycles. The summed E-state index contributed by atoms with van der Waals surface area (Å²) in [5, 5.41) is 4.05. The number of benzene rings is 1. The Morgan fingerprint density at radius 1 is 1.16 bits per heavy atom. The van der Waals surface area contributed by atoms with Gasteiger partial charge in [0.2, 0.25) is 0 Å². The molecule has 0 bridgehead atoms. The summed E-state index contributed by atoms with van der Waals surface area (Å²) in [5.41, 5.74) is 1.07. The van der Waals surface area contributed by atoms with E-state index in [-0.39, 0.29) is 0 Å². The van der Waals surface area contributed by atoms with Crippen LogP contribution in [0.5, 0.6) is 0 Å². The number of hydrogen-bond acceptors (Lipinski definition) is 2. The van der Waals surface area contributed by atoms with Gasteiger partial charge in [-0.05, 0) is 80.8 Å². The number of halogens is 3. The Balaban J connectivity index is 1.87. The molecule has 1 fully saturated rings. The largest absolute Gasteiger partial charge is 0.416 e. The molecule has 1 N–H and O–H groups in total. The molecule has 0 amide bonds. The van der Waals surface area contributed by atoms with E-state index in [1.54, 1.807) is 6.20 Å². The Hall–Kier alpha value is -1.62. The van der Waals surface area contributed by atoms with Gasteiger partial charge in [-0.3, -0.25) is 4.98 Å². The molecule has 2 nitrogen and oxygen atoms in total. The van der Waals surface area contributed by atoms with Gasteiger partial charge in [0.1, 0.15) is 0 Å². The van der Waals surface area contributed by atoms with Gasteiger partial charge in [-0.15, -0.1) is 0 Å². The molecule has 0 saturated heterocycles. The minimum absolute atomic E-state index is 0.319. The lowest BCUT2D eigenvalue weighted by Gasteiger charge is -2.34. The average Bonchev–Trinajstić information content (AvgIpc) is 2.62. The van der Waals surface area contributed by atoms with E-state index in [1.165, 1.54) is 12.1 Å². The standard InChI is InChI=1S/C20H25F3N2/c1-3-18(24-2)14-6-4-13(5-7-14)16-10-11-25-19-9-8-15(12-17(16)19)20(21,22)23/h8-14,18,24H,3-7H2,1-2H3. The molecule has 25 heavy (non-hydrogen) atoms. The fraction of sp³-hybridized carbons (Fsp3) is 0.550. The SMILES string of the molecule is CCC(NC)C1CCC(c2ccnc3ccc(C(F)(F)F)cc23)CC1. The van der Waals surface area contributed by atoms with Crippen LogP contribution in [0.3, 0.4) is 0 Å². The molecule has 0 spiro atoms. The number of hydrogen-bond donors (Lipinski definition) is 1. The maximum Gasteiger partial charge on any atom is 0.416 e. The lowest BCUT2D eigenvalue weighted by Crippen LogP contribution is -2.35. The highest BCUT2D eigenvalue weighted by molar-refractivity contribution is 5.83. The molecule has 5 heteroatoms. The highest BCUT2D eigenvalue weighted by Gasteiger charge is 2.32. The highest BCUT2D eigenvalue weighted by Crippen LogP contribution is 2.40. The third kappa shape index (κ3) is 3.81. The number of pyridine rings is 1. The molecular weight excluding hydrogens is 325 g/mol. The second-order valence-corrected chi connectivity index (χ2v) is 7.04. The minimum atomic E-state index is -4.32. The molecule has 3 rings (SSSR count). The Labute approximate surface area is 146 Å². The molecule has 1 heterocycles. The van der Waals surface area contributed by atoms with E-state index in [1.807, 2.05) is 13.1 Å². The highest BCUT2D eigenvalue weighted by atomic mass is 19.4. The normalized spacial score (nSPS) is 22.9. The van der Waals surface area contributed by atoms with E-state index in [4.69, 9.17) is 0 Å². The monoisotopic (exact) mass is 350 g/mol. The first-order valence-electron chi connectivity index (χ1n) is 9.07. The van der Waals surface area contributed by atoms with Crippen LogP contribution in [0.1, 0.15) is 56.1 Å². The summed E-state index contributed by atoms with van der Waals surface area (Å²) < 4.78 is 39.2. The number of rotatable bonds is 4. The molecular formula is C20H25F3N2. The van der Waals surface area contributed by atoms with Crippen LogP contribution >= 0.6 is 0 Å². The summed E-state index contributed by atoms with van der Waals surface area (Å²) in [7, 11) is 2.01. The topological polar surface area (TPSA) is 24.9 Å². The van der Waals surface area contributed by atoms with Gasteiger partial charge in [0, 0.05) is 17.6 Å². The van der Waals surface area contributed by atoms with E-state index in [0.717, 1.165) is 43.7 Å². The van der Waals surface area contributed by atoms with Crippen LogP contribution in [0, 0.1) is 5.92 Å². The quantitative estimate of drug-likeness (QED) is 0.785. The van der Waals surface area contributed by atoms with Crippen molar-refractivity contribution in [2.24, 2.45) is 5.92 Å². The molecule has 1 aromatic heterocycles. The fourth-order valence-electron chi connectivity index (χ4n) is 4.31. The van der Waals surface area contributed by atoms with Gasteiger partial charge < -0.3 is 5.32 Å². The maximum absolute atomic E-state index is 13.1.